The van der Waals surface area contributed by atoms with Crippen molar-refractivity contribution in [2.45, 2.75) is 40.2 Å². The van der Waals surface area contributed by atoms with Crippen LogP contribution in [0.3, 0.4) is 0 Å². The SMILES string of the molecule is CCC(CC)(CNCc1ccc(F)c(C)c1)C(=O)O. The van der Waals surface area contributed by atoms with E-state index >= 15 is 0 Å². The molecule has 1 rings (SSSR count). The monoisotopic (exact) mass is 267 g/mol. The van der Waals surface area contributed by atoms with Gasteiger partial charge in [-0.2, -0.15) is 0 Å². The molecule has 0 heterocycles. The maximum absolute atomic E-state index is 13.1. The van der Waals surface area contributed by atoms with Crippen molar-refractivity contribution in [2.24, 2.45) is 5.41 Å². The highest BCUT2D eigenvalue weighted by Crippen LogP contribution is 2.25. The van der Waals surface area contributed by atoms with Crippen LogP contribution >= 0.6 is 0 Å². The van der Waals surface area contributed by atoms with Crippen molar-refractivity contribution in [3.63, 3.8) is 0 Å². The van der Waals surface area contributed by atoms with Crippen LogP contribution < -0.4 is 5.32 Å². The molecule has 0 aliphatic rings. The lowest BCUT2D eigenvalue weighted by Gasteiger charge is -2.27. The minimum absolute atomic E-state index is 0.217. The van der Waals surface area contributed by atoms with Gasteiger partial charge in [-0.3, -0.25) is 4.79 Å². The minimum atomic E-state index is -0.764. The van der Waals surface area contributed by atoms with Crippen LogP contribution in [0.25, 0.3) is 0 Å². The van der Waals surface area contributed by atoms with Gasteiger partial charge in [-0.1, -0.05) is 26.0 Å². The summed E-state index contributed by atoms with van der Waals surface area (Å²) in [6, 6.07) is 4.94. The van der Waals surface area contributed by atoms with Gasteiger partial charge >= 0.3 is 5.97 Å². The predicted molar refractivity (Wildman–Crippen MR) is 73.5 cm³/mol. The summed E-state index contributed by atoms with van der Waals surface area (Å²) >= 11 is 0. The average Bonchev–Trinajstić information content (AvgIpc) is 2.39. The molecular formula is C15H22FNO2. The van der Waals surface area contributed by atoms with Crippen LogP contribution in [0.4, 0.5) is 4.39 Å². The quantitative estimate of drug-likeness (QED) is 0.798. The maximum Gasteiger partial charge on any atom is 0.310 e. The van der Waals surface area contributed by atoms with Gasteiger partial charge in [0.2, 0.25) is 0 Å². The first kappa shape index (κ1) is 15.6. The van der Waals surface area contributed by atoms with Gasteiger partial charge < -0.3 is 10.4 Å². The van der Waals surface area contributed by atoms with Gasteiger partial charge in [0.15, 0.2) is 0 Å². The van der Waals surface area contributed by atoms with Gasteiger partial charge in [0.25, 0.3) is 0 Å². The molecule has 0 saturated heterocycles. The Bertz CT molecular complexity index is 442. The lowest BCUT2D eigenvalue weighted by Crippen LogP contribution is -2.40. The largest absolute Gasteiger partial charge is 0.481 e. The van der Waals surface area contributed by atoms with E-state index in [4.69, 9.17) is 0 Å². The standard InChI is InChI=1S/C15H22FNO2/c1-4-15(5-2,14(18)19)10-17-9-12-6-7-13(16)11(3)8-12/h6-8,17H,4-5,9-10H2,1-3H3,(H,18,19). The third-order valence-corrected chi connectivity index (χ3v) is 3.82. The Balaban J connectivity index is 2.61. The number of halogens is 1. The number of hydrogen-bond acceptors (Lipinski definition) is 2. The molecule has 0 atom stereocenters. The molecule has 0 spiro atoms. The lowest BCUT2D eigenvalue weighted by atomic mass is 9.82. The second-order valence-corrected chi connectivity index (χ2v) is 4.98. The van der Waals surface area contributed by atoms with Crippen LogP contribution in [-0.4, -0.2) is 17.6 Å². The molecule has 0 aliphatic carbocycles. The summed E-state index contributed by atoms with van der Waals surface area (Å²) in [4.78, 5) is 11.3. The zero-order valence-electron chi connectivity index (χ0n) is 11.8. The Hall–Kier alpha value is -1.42. The highest BCUT2D eigenvalue weighted by molar-refractivity contribution is 5.74. The van der Waals surface area contributed by atoms with E-state index in [0.29, 0.717) is 31.5 Å². The molecule has 0 amide bonds. The number of carboxylic acid groups (broad SMARTS) is 1. The fourth-order valence-electron chi connectivity index (χ4n) is 2.14. The normalized spacial score (nSPS) is 11.6. The molecule has 0 radical (unpaired) electrons. The highest BCUT2D eigenvalue weighted by atomic mass is 19.1. The molecule has 4 heteroatoms. The van der Waals surface area contributed by atoms with Gasteiger partial charge in [-0.05, 0) is 37.0 Å². The number of rotatable bonds is 7. The van der Waals surface area contributed by atoms with E-state index in [9.17, 15) is 14.3 Å². The number of benzene rings is 1. The lowest BCUT2D eigenvalue weighted by molar-refractivity contribution is -0.149. The summed E-state index contributed by atoms with van der Waals surface area (Å²) in [5, 5.41) is 12.5. The van der Waals surface area contributed by atoms with Crippen molar-refractivity contribution >= 4 is 5.97 Å². The number of hydrogen-bond donors (Lipinski definition) is 2. The second kappa shape index (κ2) is 6.66. The molecule has 19 heavy (non-hydrogen) atoms. The topological polar surface area (TPSA) is 49.3 Å². The zero-order valence-corrected chi connectivity index (χ0v) is 11.8. The van der Waals surface area contributed by atoms with Crippen molar-refractivity contribution in [2.75, 3.05) is 6.54 Å². The van der Waals surface area contributed by atoms with Crippen molar-refractivity contribution in [1.29, 1.82) is 0 Å². The summed E-state index contributed by atoms with van der Waals surface area (Å²) in [7, 11) is 0. The molecule has 3 nitrogen and oxygen atoms in total. The van der Waals surface area contributed by atoms with Crippen LogP contribution in [0.5, 0.6) is 0 Å². The summed E-state index contributed by atoms with van der Waals surface area (Å²) in [6.45, 7) is 6.48. The fraction of sp³-hybridized carbons (Fsp3) is 0.533. The predicted octanol–water partition coefficient (Wildman–Crippen LogP) is 3.11. The van der Waals surface area contributed by atoms with Crippen LogP contribution in [0.2, 0.25) is 0 Å². The summed E-state index contributed by atoms with van der Waals surface area (Å²) in [5.41, 5.74) is 0.856. The van der Waals surface area contributed by atoms with Crippen molar-refractivity contribution in [1.82, 2.24) is 5.32 Å². The molecule has 1 aromatic carbocycles. The van der Waals surface area contributed by atoms with Crippen molar-refractivity contribution in [3.8, 4) is 0 Å². The van der Waals surface area contributed by atoms with Crippen LogP contribution in [0.1, 0.15) is 37.8 Å². The van der Waals surface area contributed by atoms with E-state index in [1.807, 2.05) is 13.8 Å². The molecule has 0 unspecified atom stereocenters. The Morgan fingerprint density at radius 2 is 2.00 bits per heavy atom. The minimum Gasteiger partial charge on any atom is -0.481 e. The van der Waals surface area contributed by atoms with Gasteiger partial charge in [-0.25, -0.2) is 4.39 Å². The van der Waals surface area contributed by atoms with E-state index < -0.39 is 11.4 Å². The fourth-order valence-corrected chi connectivity index (χ4v) is 2.14. The molecule has 0 aliphatic heterocycles. The second-order valence-electron chi connectivity index (χ2n) is 4.98. The van der Waals surface area contributed by atoms with Gasteiger partial charge in [0, 0.05) is 13.1 Å². The third kappa shape index (κ3) is 3.77. The number of carboxylic acids is 1. The Morgan fingerprint density at radius 3 is 2.47 bits per heavy atom. The van der Waals surface area contributed by atoms with E-state index in [1.54, 1.807) is 19.1 Å². The number of aliphatic carboxylic acids is 1. The number of carbonyl (C=O) groups is 1. The molecule has 0 fully saturated rings. The maximum atomic E-state index is 13.1. The van der Waals surface area contributed by atoms with Gasteiger partial charge in [-0.15, -0.1) is 0 Å². The van der Waals surface area contributed by atoms with Crippen molar-refractivity contribution in [3.05, 3.63) is 35.1 Å². The molecule has 2 N–H and O–H groups in total. The van der Waals surface area contributed by atoms with Crippen LogP contribution in [0, 0.1) is 18.2 Å². The molecule has 0 saturated carbocycles. The molecule has 1 aromatic rings. The summed E-state index contributed by atoms with van der Waals surface area (Å²) in [6.07, 6.45) is 1.18. The van der Waals surface area contributed by atoms with Crippen LogP contribution in [0.15, 0.2) is 18.2 Å². The van der Waals surface area contributed by atoms with Gasteiger partial charge in [0.1, 0.15) is 5.82 Å². The van der Waals surface area contributed by atoms with E-state index in [0.717, 1.165) is 5.56 Å². The van der Waals surface area contributed by atoms with E-state index in [2.05, 4.69) is 5.32 Å². The molecule has 0 bridgehead atoms. The third-order valence-electron chi connectivity index (χ3n) is 3.82. The number of nitrogens with one attached hydrogen (secondary N) is 1. The van der Waals surface area contributed by atoms with Gasteiger partial charge in [0.05, 0.1) is 5.41 Å². The van der Waals surface area contributed by atoms with E-state index in [1.165, 1.54) is 6.07 Å². The number of aryl methyl sites for hydroxylation is 1. The average molecular weight is 267 g/mol. The Labute approximate surface area is 113 Å². The molecular weight excluding hydrogens is 245 g/mol. The first-order valence-corrected chi connectivity index (χ1v) is 6.64. The smallest absolute Gasteiger partial charge is 0.310 e. The van der Waals surface area contributed by atoms with Crippen LogP contribution in [-0.2, 0) is 11.3 Å². The Morgan fingerprint density at radius 1 is 1.37 bits per heavy atom. The highest BCUT2D eigenvalue weighted by Gasteiger charge is 2.34. The summed E-state index contributed by atoms with van der Waals surface area (Å²) in [5.74, 6) is -0.981. The first-order chi connectivity index (χ1) is 8.95. The first-order valence-electron chi connectivity index (χ1n) is 6.64. The van der Waals surface area contributed by atoms with E-state index in [-0.39, 0.29) is 5.82 Å². The Kier molecular flexibility index (Phi) is 5.48. The molecule has 0 aromatic heterocycles. The zero-order chi connectivity index (χ0) is 14.5. The molecule has 106 valence electrons. The summed E-state index contributed by atoms with van der Waals surface area (Å²) < 4.78 is 13.1. The van der Waals surface area contributed by atoms with Crippen molar-refractivity contribution < 1.29 is 14.3 Å².